The molecule has 5 nitrogen and oxygen atoms in total. The van der Waals surface area contributed by atoms with Gasteiger partial charge in [0, 0.05) is 17.4 Å². The Labute approximate surface area is 142 Å². The van der Waals surface area contributed by atoms with Crippen molar-refractivity contribution in [3.63, 3.8) is 0 Å². The first-order chi connectivity index (χ1) is 10.6. The van der Waals surface area contributed by atoms with Gasteiger partial charge >= 0.3 is 0 Å². The van der Waals surface area contributed by atoms with E-state index in [0.717, 1.165) is 10.2 Å². The number of rotatable bonds is 3. The lowest BCUT2D eigenvalue weighted by Gasteiger charge is -2.18. The van der Waals surface area contributed by atoms with E-state index in [2.05, 4.69) is 39.7 Å². The minimum absolute atomic E-state index is 0.00871. The van der Waals surface area contributed by atoms with Crippen molar-refractivity contribution in [1.82, 2.24) is 9.78 Å². The molecule has 0 bridgehead atoms. The third kappa shape index (κ3) is 2.64. The first kappa shape index (κ1) is 15.1. The largest absolute Gasteiger partial charge is 0.295 e. The second kappa shape index (κ2) is 6.15. The van der Waals surface area contributed by atoms with Gasteiger partial charge in [0.05, 0.1) is 11.9 Å². The molecule has 0 aliphatic carbocycles. The Morgan fingerprint density at radius 2 is 2.14 bits per heavy atom. The van der Waals surface area contributed by atoms with Crippen molar-refractivity contribution in [3.8, 4) is 11.8 Å². The van der Waals surface area contributed by atoms with E-state index in [4.69, 9.17) is 0 Å². The Morgan fingerprint density at radius 1 is 1.41 bits per heavy atom. The van der Waals surface area contributed by atoms with Crippen LogP contribution >= 0.6 is 28.6 Å². The first-order valence-electron chi connectivity index (χ1n) is 6.79. The summed E-state index contributed by atoms with van der Waals surface area (Å²) in [6, 6.07) is 9.69. The zero-order valence-electron chi connectivity index (χ0n) is 11.6. The third-order valence-corrected chi connectivity index (χ3v) is 4.70. The Bertz CT molecular complexity index is 750. The van der Waals surface area contributed by atoms with E-state index in [9.17, 15) is 10.1 Å². The van der Waals surface area contributed by atoms with Crippen LogP contribution in [0.15, 0.2) is 34.9 Å². The van der Waals surface area contributed by atoms with Crippen LogP contribution < -0.4 is 4.90 Å². The normalized spacial score (nSPS) is 17.8. The van der Waals surface area contributed by atoms with E-state index in [1.54, 1.807) is 9.58 Å². The fraction of sp³-hybridized carbons (Fsp3) is 0.267. The lowest BCUT2D eigenvalue weighted by Crippen LogP contribution is -2.28. The highest BCUT2D eigenvalue weighted by Gasteiger charge is 2.33. The molecule has 0 spiro atoms. The zero-order chi connectivity index (χ0) is 15.7. The molecular weight excluding hydrogens is 364 g/mol. The van der Waals surface area contributed by atoms with Gasteiger partial charge in [-0.15, -0.1) is 0 Å². The number of carbonyl (C=O) groups is 1. The molecule has 0 radical (unpaired) electrons. The van der Waals surface area contributed by atoms with Crippen LogP contribution in [0.3, 0.4) is 0 Å². The molecule has 3 rings (SSSR count). The summed E-state index contributed by atoms with van der Waals surface area (Å²) in [5, 5.41) is 13.6. The highest BCUT2D eigenvalue weighted by Crippen LogP contribution is 2.30. The van der Waals surface area contributed by atoms with Crippen LogP contribution in [0.4, 0.5) is 5.82 Å². The number of carbonyl (C=O) groups excluding carboxylic acids is 1. The standard InChI is InChI=1S/C15H13BrN4OS/c16-12-1-3-13(4-2-12)20-15(11(6-17)7-18-20)19-8-10(9-22)5-14(19)21/h1-4,7,10,22H,5,8-9H2. The van der Waals surface area contributed by atoms with E-state index < -0.39 is 0 Å². The summed E-state index contributed by atoms with van der Waals surface area (Å²) in [6.45, 7) is 0.569. The summed E-state index contributed by atoms with van der Waals surface area (Å²) in [5.74, 6) is 1.40. The molecule has 1 aromatic heterocycles. The summed E-state index contributed by atoms with van der Waals surface area (Å²) in [6.07, 6.45) is 1.96. The Morgan fingerprint density at radius 3 is 2.73 bits per heavy atom. The van der Waals surface area contributed by atoms with Gasteiger partial charge < -0.3 is 0 Å². The summed E-state index contributed by atoms with van der Waals surface area (Å²) in [5.41, 5.74) is 1.21. The molecule has 1 amide bonds. The van der Waals surface area contributed by atoms with Gasteiger partial charge in [0.25, 0.3) is 0 Å². The van der Waals surface area contributed by atoms with Crippen molar-refractivity contribution in [3.05, 3.63) is 40.5 Å². The smallest absolute Gasteiger partial charge is 0.228 e. The summed E-state index contributed by atoms with van der Waals surface area (Å²) in [4.78, 5) is 13.9. The van der Waals surface area contributed by atoms with Crippen molar-refractivity contribution in [2.24, 2.45) is 5.92 Å². The molecule has 2 heterocycles. The summed E-state index contributed by atoms with van der Waals surface area (Å²) in [7, 11) is 0. The van der Waals surface area contributed by atoms with Gasteiger partial charge in [-0.05, 0) is 35.9 Å². The van der Waals surface area contributed by atoms with Crippen LogP contribution in [0.25, 0.3) is 5.69 Å². The number of amides is 1. The fourth-order valence-corrected chi connectivity index (χ4v) is 3.07. The maximum absolute atomic E-state index is 12.3. The molecule has 7 heteroatoms. The molecule has 1 aromatic carbocycles. The van der Waals surface area contributed by atoms with Gasteiger partial charge in [0.2, 0.25) is 5.91 Å². The average molecular weight is 377 g/mol. The molecule has 1 saturated heterocycles. The molecule has 2 aromatic rings. The summed E-state index contributed by atoms with van der Waals surface area (Å²) >= 11 is 7.67. The molecule has 22 heavy (non-hydrogen) atoms. The van der Waals surface area contributed by atoms with Crippen LogP contribution in [0.1, 0.15) is 12.0 Å². The highest BCUT2D eigenvalue weighted by molar-refractivity contribution is 9.10. The van der Waals surface area contributed by atoms with E-state index in [1.807, 2.05) is 24.3 Å². The lowest BCUT2D eigenvalue weighted by molar-refractivity contribution is -0.117. The van der Waals surface area contributed by atoms with Gasteiger partial charge in [0.1, 0.15) is 11.6 Å². The monoisotopic (exact) mass is 376 g/mol. The second-order valence-electron chi connectivity index (χ2n) is 5.14. The van der Waals surface area contributed by atoms with Crippen LogP contribution in [-0.4, -0.2) is 28.0 Å². The van der Waals surface area contributed by atoms with Crippen molar-refractivity contribution >= 4 is 40.3 Å². The predicted molar refractivity (Wildman–Crippen MR) is 90.3 cm³/mol. The number of hydrogen-bond donors (Lipinski definition) is 1. The molecule has 1 fully saturated rings. The molecule has 1 aliphatic rings. The molecule has 1 aliphatic heterocycles. The zero-order valence-corrected chi connectivity index (χ0v) is 14.1. The number of anilines is 1. The topological polar surface area (TPSA) is 61.9 Å². The molecule has 0 N–H and O–H groups in total. The van der Waals surface area contributed by atoms with E-state index in [0.29, 0.717) is 30.1 Å². The van der Waals surface area contributed by atoms with Crippen molar-refractivity contribution < 1.29 is 4.79 Å². The Balaban J connectivity index is 2.07. The van der Waals surface area contributed by atoms with Gasteiger partial charge in [-0.1, -0.05) is 15.9 Å². The highest BCUT2D eigenvalue weighted by atomic mass is 79.9. The van der Waals surface area contributed by atoms with Crippen molar-refractivity contribution in [1.29, 1.82) is 5.26 Å². The minimum Gasteiger partial charge on any atom is -0.295 e. The van der Waals surface area contributed by atoms with E-state index in [1.165, 1.54) is 6.20 Å². The maximum atomic E-state index is 12.3. The van der Waals surface area contributed by atoms with Crippen LogP contribution in [-0.2, 0) is 4.79 Å². The van der Waals surface area contributed by atoms with Crippen LogP contribution in [0.5, 0.6) is 0 Å². The van der Waals surface area contributed by atoms with Gasteiger partial charge in [-0.2, -0.15) is 23.0 Å². The Kier molecular flexibility index (Phi) is 4.23. The minimum atomic E-state index is 0.00871. The van der Waals surface area contributed by atoms with Crippen molar-refractivity contribution in [2.75, 3.05) is 17.2 Å². The van der Waals surface area contributed by atoms with E-state index in [-0.39, 0.29) is 11.8 Å². The number of hydrogen-bond acceptors (Lipinski definition) is 4. The predicted octanol–water partition coefficient (Wildman–Crippen LogP) is 2.79. The molecular formula is C15H13BrN4OS. The SMILES string of the molecule is N#Cc1cnn(-c2ccc(Br)cc2)c1N1CC(CS)CC1=O. The number of benzene rings is 1. The number of nitrogens with zero attached hydrogens (tertiary/aromatic N) is 4. The number of halogens is 1. The summed E-state index contributed by atoms with van der Waals surface area (Å²) < 4.78 is 2.60. The second-order valence-corrected chi connectivity index (χ2v) is 6.42. The van der Waals surface area contributed by atoms with Crippen molar-refractivity contribution in [2.45, 2.75) is 6.42 Å². The molecule has 112 valence electrons. The van der Waals surface area contributed by atoms with Gasteiger partial charge in [-0.3, -0.25) is 9.69 Å². The molecule has 1 unspecified atom stereocenters. The van der Waals surface area contributed by atoms with Crippen LogP contribution in [0.2, 0.25) is 0 Å². The third-order valence-electron chi connectivity index (χ3n) is 3.65. The van der Waals surface area contributed by atoms with Gasteiger partial charge in [-0.25, -0.2) is 4.68 Å². The quantitative estimate of drug-likeness (QED) is 0.837. The Hall–Kier alpha value is -1.78. The number of nitriles is 1. The number of thiol groups is 1. The van der Waals surface area contributed by atoms with E-state index >= 15 is 0 Å². The van der Waals surface area contributed by atoms with Crippen LogP contribution in [0, 0.1) is 17.2 Å². The molecule has 1 atom stereocenters. The average Bonchev–Trinajstić information content (AvgIpc) is 3.10. The fourth-order valence-electron chi connectivity index (χ4n) is 2.56. The molecule has 0 saturated carbocycles. The van der Waals surface area contributed by atoms with Gasteiger partial charge in [0.15, 0.2) is 5.82 Å². The maximum Gasteiger partial charge on any atom is 0.228 e. The lowest BCUT2D eigenvalue weighted by atomic mass is 10.1. The number of aromatic nitrogens is 2. The first-order valence-corrected chi connectivity index (χ1v) is 8.22.